The van der Waals surface area contributed by atoms with Crippen molar-refractivity contribution in [2.24, 2.45) is 0 Å². The second-order valence-corrected chi connectivity index (χ2v) is 4.16. The Morgan fingerprint density at radius 3 is 2.70 bits per heavy atom. The number of fused-ring (bicyclic) bond motifs is 1. The van der Waals surface area contributed by atoms with E-state index in [2.05, 4.69) is 18.8 Å². The first-order valence-corrected chi connectivity index (χ1v) is 6.64. The molecular weight excluding hydrogens is 264 g/mol. The van der Waals surface area contributed by atoms with Gasteiger partial charge in [-0.3, -0.25) is 9.36 Å². The van der Waals surface area contributed by atoms with Gasteiger partial charge >= 0.3 is 5.97 Å². The highest BCUT2D eigenvalue weighted by Gasteiger charge is 2.23. The predicted octanol–water partition coefficient (Wildman–Crippen LogP) is 1.07. The molecule has 0 unspecified atom stereocenters. The Kier molecular flexibility index (Phi) is 6.17. The number of carbonyl (C=O) groups is 1. The number of esters is 1. The van der Waals surface area contributed by atoms with E-state index in [1.54, 1.807) is 6.92 Å². The van der Waals surface area contributed by atoms with Crippen molar-refractivity contribution in [2.75, 3.05) is 13.2 Å². The Labute approximate surface area is 117 Å². The molecule has 1 N–H and O–H groups in total. The van der Waals surface area contributed by atoms with Crippen LogP contribution in [0.5, 0.6) is 5.75 Å². The molecule has 0 atom stereocenters. The molecule has 20 heavy (non-hydrogen) atoms. The van der Waals surface area contributed by atoms with E-state index in [4.69, 9.17) is 9.47 Å². The zero-order valence-electron chi connectivity index (χ0n) is 12.0. The molecule has 2 heterocycles. The molecule has 7 nitrogen and oxygen atoms in total. The first-order valence-electron chi connectivity index (χ1n) is 6.64. The van der Waals surface area contributed by atoms with Crippen LogP contribution in [0.1, 0.15) is 43.5 Å². The second kappa shape index (κ2) is 7.64. The molecule has 0 amide bonds. The van der Waals surface area contributed by atoms with Gasteiger partial charge in [0.2, 0.25) is 5.75 Å². The molecule has 2 rings (SSSR count). The second-order valence-electron chi connectivity index (χ2n) is 4.16. The van der Waals surface area contributed by atoms with Gasteiger partial charge in [-0.05, 0) is 6.92 Å². The molecule has 0 fully saturated rings. The van der Waals surface area contributed by atoms with Gasteiger partial charge in [-0.15, -0.1) is 0 Å². The van der Waals surface area contributed by atoms with Gasteiger partial charge in [-0.2, -0.15) is 0 Å². The standard InChI is InChI=1S/C10H12N2O5.C3H8/c1-2-17-10(15)7-8(13)9(14)12-3-4-16-5-6(12)11-7;1-3-2/h13H,2-5H2,1H3;3H2,1-2H3. The minimum Gasteiger partial charge on any atom is -0.501 e. The third-order valence-electron chi connectivity index (χ3n) is 2.38. The first kappa shape index (κ1) is 16.2. The highest BCUT2D eigenvalue weighted by Crippen LogP contribution is 2.13. The van der Waals surface area contributed by atoms with Gasteiger partial charge < -0.3 is 14.6 Å². The van der Waals surface area contributed by atoms with Crippen LogP contribution in [0, 0.1) is 0 Å². The molecule has 0 aliphatic carbocycles. The summed E-state index contributed by atoms with van der Waals surface area (Å²) in [4.78, 5) is 27.1. The maximum atomic E-state index is 11.8. The van der Waals surface area contributed by atoms with E-state index < -0.39 is 17.3 Å². The normalized spacial score (nSPS) is 12.9. The van der Waals surface area contributed by atoms with Gasteiger partial charge in [0.15, 0.2) is 5.69 Å². The van der Waals surface area contributed by atoms with E-state index in [0.717, 1.165) is 0 Å². The SMILES string of the molecule is CCC.CCOC(=O)c1nc2n(c(=O)c1O)CCOC2. The van der Waals surface area contributed by atoms with E-state index in [-0.39, 0.29) is 18.9 Å². The van der Waals surface area contributed by atoms with Crippen molar-refractivity contribution >= 4 is 5.97 Å². The molecule has 0 spiro atoms. The van der Waals surface area contributed by atoms with Crippen LogP contribution in [0.25, 0.3) is 0 Å². The largest absolute Gasteiger partial charge is 0.501 e. The minimum absolute atomic E-state index is 0.141. The number of hydrogen-bond acceptors (Lipinski definition) is 6. The molecule has 1 aromatic heterocycles. The number of nitrogens with zero attached hydrogens (tertiary/aromatic N) is 2. The summed E-state index contributed by atoms with van der Waals surface area (Å²) in [5.74, 6) is -1.16. The highest BCUT2D eigenvalue weighted by atomic mass is 16.5. The molecule has 1 aliphatic rings. The molecule has 0 aromatic carbocycles. The third-order valence-corrected chi connectivity index (χ3v) is 2.38. The molecule has 1 aromatic rings. The average molecular weight is 284 g/mol. The molecule has 0 saturated heterocycles. The summed E-state index contributed by atoms with van der Waals surface area (Å²) in [6, 6.07) is 0. The van der Waals surface area contributed by atoms with Crippen molar-refractivity contribution in [1.29, 1.82) is 0 Å². The molecule has 112 valence electrons. The lowest BCUT2D eigenvalue weighted by molar-refractivity contribution is 0.0505. The minimum atomic E-state index is -0.809. The average Bonchev–Trinajstić information content (AvgIpc) is 2.44. The Bertz CT molecular complexity index is 524. The van der Waals surface area contributed by atoms with E-state index in [0.29, 0.717) is 19.0 Å². The van der Waals surface area contributed by atoms with Crippen molar-refractivity contribution in [3.63, 3.8) is 0 Å². The first-order chi connectivity index (χ1) is 9.56. The summed E-state index contributed by atoms with van der Waals surface area (Å²) >= 11 is 0. The van der Waals surface area contributed by atoms with Crippen LogP contribution in [0.15, 0.2) is 4.79 Å². The fourth-order valence-corrected chi connectivity index (χ4v) is 1.59. The summed E-state index contributed by atoms with van der Waals surface area (Å²) in [5.41, 5.74) is -0.991. The van der Waals surface area contributed by atoms with Crippen molar-refractivity contribution in [3.05, 3.63) is 21.9 Å². The topological polar surface area (TPSA) is 90.7 Å². The lowest BCUT2D eigenvalue weighted by atomic mass is 10.3. The summed E-state index contributed by atoms with van der Waals surface area (Å²) in [6.45, 7) is 6.87. The molecule has 7 heteroatoms. The summed E-state index contributed by atoms with van der Waals surface area (Å²) in [6.07, 6.45) is 1.25. The van der Waals surface area contributed by atoms with Crippen LogP contribution >= 0.6 is 0 Å². The number of carbonyl (C=O) groups excluding carboxylic acids is 1. The number of aromatic hydroxyl groups is 1. The molecule has 1 aliphatic heterocycles. The third kappa shape index (κ3) is 3.57. The van der Waals surface area contributed by atoms with E-state index in [1.807, 2.05) is 0 Å². The van der Waals surface area contributed by atoms with Crippen molar-refractivity contribution in [2.45, 2.75) is 40.3 Å². The van der Waals surface area contributed by atoms with Crippen LogP contribution in [-0.4, -0.2) is 33.8 Å². The Hall–Kier alpha value is -1.89. The molecule has 0 bridgehead atoms. The number of hydrogen-bond donors (Lipinski definition) is 1. The Morgan fingerprint density at radius 2 is 2.10 bits per heavy atom. The van der Waals surface area contributed by atoms with E-state index in [1.165, 1.54) is 11.0 Å². The van der Waals surface area contributed by atoms with E-state index >= 15 is 0 Å². The molecule has 0 radical (unpaired) electrons. The lowest BCUT2D eigenvalue weighted by Crippen LogP contribution is -2.32. The summed E-state index contributed by atoms with van der Waals surface area (Å²) < 4.78 is 11.1. The predicted molar refractivity (Wildman–Crippen MR) is 71.7 cm³/mol. The van der Waals surface area contributed by atoms with Gasteiger partial charge in [0, 0.05) is 0 Å². The Morgan fingerprint density at radius 1 is 1.45 bits per heavy atom. The zero-order valence-corrected chi connectivity index (χ0v) is 12.0. The van der Waals surface area contributed by atoms with Gasteiger partial charge in [0.25, 0.3) is 5.56 Å². The summed E-state index contributed by atoms with van der Waals surface area (Å²) in [7, 11) is 0. The Balaban J connectivity index is 0.000000612. The number of ether oxygens (including phenoxy) is 2. The number of aromatic nitrogens is 2. The van der Waals surface area contributed by atoms with Gasteiger partial charge in [0.05, 0.1) is 19.8 Å². The van der Waals surface area contributed by atoms with Crippen LogP contribution in [-0.2, 0) is 22.6 Å². The quantitative estimate of drug-likeness (QED) is 0.817. The maximum Gasteiger partial charge on any atom is 0.361 e. The zero-order chi connectivity index (χ0) is 15.1. The smallest absolute Gasteiger partial charge is 0.361 e. The molecular formula is C13H20N2O5. The molecule has 0 saturated carbocycles. The van der Waals surface area contributed by atoms with Crippen molar-refractivity contribution in [1.82, 2.24) is 9.55 Å². The van der Waals surface area contributed by atoms with Crippen LogP contribution in [0.4, 0.5) is 0 Å². The van der Waals surface area contributed by atoms with Crippen LogP contribution in [0.2, 0.25) is 0 Å². The lowest BCUT2D eigenvalue weighted by Gasteiger charge is -2.18. The van der Waals surface area contributed by atoms with Crippen molar-refractivity contribution in [3.8, 4) is 5.75 Å². The van der Waals surface area contributed by atoms with Crippen LogP contribution in [0.3, 0.4) is 0 Å². The van der Waals surface area contributed by atoms with E-state index in [9.17, 15) is 14.7 Å². The highest BCUT2D eigenvalue weighted by molar-refractivity contribution is 5.89. The van der Waals surface area contributed by atoms with Gasteiger partial charge in [-0.25, -0.2) is 9.78 Å². The van der Waals surface area contributed by atoms with Crippen molar-refractivity contribution < 1.29 is 19.4 Å². The fraction of sp³-hybridized carbons (Fsp3) is 0.615. The monoisotopic (exact) mass is 284 g/mol. The fourth-order valence-electron chi connectivity index (χ4n) is 1.59. The van der Waals surface area contributed by atoms with Gasteiger partial charge in [-0.1, -0.05) is 20.3 Å². The summed E-state index contributed by atoms with van der Waals surface area (Å²) in [5, 5.41) is 9.61. The number of rotatable bonds is 2. The van der Waals surface area contributed by atoms with Crippen LogP contribution < -0.4 is 5.56 Å². The van der Waals surface area contributed by atoms with Gasteiger partial charge in [0.1, 0.15) is 12.4 Å². The maximum absolute atomic E-state index is 11.8.